The zero-order valence-electron chi connectivity index (χ0n) is 13.9. The third kappa shape index (κ3) is 3.04. The summed E-state index contributed by atoms with van der Waals surface area (Å²) in [4.78, 5) is 26.0. The van der Waals surface area contributed by atoms with Gasteiger partial charge in [-0.15, -0.1) is 0 Å². The Morgan fingerprint density at radius 2 is 1.83 bits per heavy atom. The van der Waals surface area contributed by atoms with Crippen LogP contribution in [0.2, 0.25) is 0 Å². The summed E-state index contributed by atoms with van der Waals surface area (Å²) in [5.41, 5.74) is 3.76. The maximum atomic E-state index is 12.9. The number of amides is 1. The molecule has 2 aromatic carbocycles. The van der Waals surface area contributed by atoms with Gasteiger partial charge in [-0.05, 0) is 30.5 Å². The standard InChI is InChI=1S/C20H21NO3/c1-13-7-9-15(10-8-13)11-14(2)19(22)21-12-17(20(23)24)16-5-3-4-6-18(16)21/h3-10,14,17H,11-12H2,1-2H3,(H,23,24). The summed E-state index contributed by atoms with van der Waals surface area (Å²) in [6.45, 7) is 4.15. The van der Waals surface area contributed by atoms with E-state index in [1.165, 1.54) is 5.56 Å². The minimum Gasteiger partial charge on any atom is -0.481 e. The van der Waals surface area contributed by atoms with Gasteiger partial charge in [0.05, 0.1) is 0 Å². The normalized spacial score (nSPS) is 17.4. The van der Waals surface area contributed by atoms with Crippen LogP contribution in [0, 0.1) is 12.8 Å². The van der Waals surface area contributed by atoms with E-state index in [2.05, 4.69) is 0 Å². The minimum absolute atomic E-state index is 0.0215. The second-order valence-corrected chi connectivity index (χ2v) is 6.49. The highest BCUT2D eigenvalue weighted by Gasteiger charge is 2.37. The van der Waals surface area contributed by atoms with E-state index in [9.17, 15) is 14.7 Å². The molecule has 2 aromatic rings. The van der Waals surface area contributed by atoms with E-state index in [0.29, 0.717) is 6.42 Å². The lowest BCUT2D eigenvalue weighted by molar-refractivity contribution is -0.138. The predicted molar refractivity (Wildman–Crippen MR) is 93.2 cm³/mol. The van der Waals surface area contributed by atoms with Crippen LogP contribution in [0.3, 0.4) is 0 Å². The van der Waals surface area contributed by atoms with Crippen molar-refractivity contribution in [2.45, 2.75) is 26.2 Å². The molecule has 0 spiro atoms. The van der Waals surface area contributed by atoms with Crippen LogP contribution in [0.1, 0.15) is 29.5 Å². The fourth-order valence-corrected chi connectivity index (χ4v) is 3.26. The molecule has 0 bridgehead atoms. The first-order valence-corrected chi connectivity index (χ1v) is 8.16. The molecule has 0 aromatic heterocycles. The molecule has 0 saturated heterocycles. The van der Waals surface area contributed by atoms with Crippen LogP contribution in [0.25, 0.3) is 0 Å². The van der Waals surface area contributed by atoms with E-state index in [0.717, 1.165) is 16.8 Å². The summed E-state index contributed by atoms with van der Waals surface area (Å²) in [5, 5.41) is 9.42. The first-order chi connectivity index (χ1) is 11.5. The summed E-state index contributed by atoms with van der Waals surface area (Å²) in [6, 6.07) is 15.4. The monoisotopic (exact) mass is 323 g/mol. The second kappa shape index (κ2) is 6.48. The number of rotatable bonds is 4. The second-order valence-electron chi connectivity index (χ2n) is 6.49. The van der Waals surface area contributed by atoms with Crippen molar-refractivity contribution in [3.63, 3.8) is 0 Å². The number of anilines is 1. The van der Waals surface area contributed by atoms with Crippen molar-refractivity contribution in [3.8, 4) is 0 Å². The lowest BCUT2D eigenvalue weighted by Gasteiger charge is -2.22. The number of nitrogens with zero attached hydrogens (tertiary/aromatic N) is 1. The maximum Gasteiger partial charge on any atom is 0.312 e. The molecule has 124 valence electrons. The number of aliphatic carboxylic acids is 1. The van der Waals surface area contributed by atoms with Crippen LogP contribution in [0.5, 0.6) is 0 Å². The molecular weight excluding hydrogens is 302 g/mol. The molecule has 0 aliphatic carbocycles. The van der Waals surface area contributed by atoms with Gasteiger partial charge in [-0.25, -0.2) is 0 Å². The van der Waals surface area contributed by atoms with Gasteiger partial charge in [0, 0.05) is 18.2 Å². The number of hydrogen-bond acceptors (Lipinski definition) is 2. The smallest absolute Gasteiger partial charge is 0.312 e. The number of carboxylic acids is 1. The molecule has 3 rings (SSSR count). The van der Waals surface area contributed by atoms with E-state index < -0.39 is 11.9 Å². The van der Waals surface area contributed by atoms with Crippen molar-refractivity contribution in [3.05, 3.63) is 65.2 Å². The number of aryl methyl sites for hydroxylation is 1. The van der Waals surface area contributed by atoms with Gasteiger partial charge in [0.1, 0.15) is 5.92 Å². The first-order valence-electron chi connectivity index (χ1n) is 8.16. The third-order valence-corrected chi connectivity index (χ3v) is 4.62. The molecule has 1 N–H and O–H groups in total. The van der Waals surface area contributed by atoms with Gasteiger partial charge in [-0.3, -0.25) is 9.59 Å². The van der Waals surface area contributed by atoms with Gasteiger partial charge in [0.25, 0.3) is 0 Å². The summed E-state index contributed by atoms with van der Waals surface area (Å²) in [7, 11) is 0. The quantitative estimate of drug-likeness (QED) is 0.938. The van der Waals surface area contributed by atoms with Gasteiger partial charge in [0.2, 0.25) is 5.91 Å². The fraction of sp³-hybridized carbons (Fsp3) is 0.300. The summed E-state index contributed by atoms with van der Waals surface area (Å²) in [6.07, 6.45) is 0.648. The van der Waals surface area contributed by atoms with Crippen molar-refractivity contribution in [1.82, 2.24) is 0 Å². The topological polar surface area (TPSA) is 57.6 Å². The molecule has 24 heavy (non-hydrogen) atoms. The number of fused-ring (bicyclic) bond motifs is 1. The Morgan fingerprint density at radius 3 is 2.50 bits per heavy atom. The third-order valence-electron chi connectivity index (χ3n) is 4.62. The molecular formula is C20H21NO3. The summed E-state index contributed by atoms with van der Waals surface area (Å²) in [5.74, 6) is -1.75. The van der Waals surface area contributed by atoms with E-state index >= 15 is 0 Å². The molecule has 4 nitrogen and oxygen atoms in total. The lowest BCUT2D eigenvalue weighted by atomic mass is 9.99. The summed E-state index contributed by atoms with van der Waals surface area (Å²) < 4.78 is 0. The fourth-order valence-electron chi connectivity index (χ4n) is 3.26. The Morgan fingerprint density at radius 1 is 1.17 bits per heavy atom. The Hall–Kier alpha value is -2.62. The van der Waals surface area contributed by atoms with Crippen LogP contribution in [0.4, 0.5) is 5.69 Å². The highest BCUT2D eigenvalue weighted by atomic mass is 16.4. The van der Waals surface area contributed by atoms with Crippen LogP contribution >= 0.6 is 0 Å². The van der Waals surface area contributed by atoms with Crippen molar-refractivity contribution < 1.29 is 14.7 Å². The molecule has 0 saturated carbocycles. The number of hydrogen-bond donors (Lipinski definition) is 1. The highest BCUT2D eigenvalue weighted by Crippen LogP contribution is 2.37. The average molecular weight is 323 g/mol. The van der Waals surface area contributed by atoms with Crippen LogP contribution in [0.15, 0.2) is 48.5 Å². The van der Waals surface area contributed by atoms with E-state index in [4.69, 9.17) is 0 Å². The molecule has 2 unspecified atom stereocenters. The number of para-hydroxylation sites is 1. The number of benzene rings is 2. The molecule has 2 atom stereocenters. The predicted octanol–water partition coefficient (Wildman–Crippen LogP) is 3.39. The van der Waals surface area contributed by atoms with Crippen LogP contribution in [-0.4, -0.2) is 23.5 Å². The number of carboxylic acid groups (broad SMARTS) is 1. The zero-order valence-corrected chi connectivity index (χ0v) is 13.9. The maximum absolute atomic E-state index is 12.9. The molecule has 4 heteroatoms. The Labute approximate surface area is 141 Å². The van der Waals surface area contributed by atoms with Crippen LogP contribution < -0.4 is 4.90 Å². The van der Waals surface area contributed by atoms with Gasteiger partial charge in [-0.2, -0.15) is 0 Å². The largest absolute Gasteiger partial charge is 0.481 e. The average Bonchev–Trinajstić information content (AvgIpc) is 2.96. The number of carbonyl (C=O) groups excluding carboxylic acids is 1. The van der Waals surface area contributed by atoms with Gasteiger partial charge in [0.15, 0.2) is 0 Å². The molecule has 1 aliphatic rings. The van der Waals surface area contributed by atoms with Crippen LogP contribution in [-0.2, 0) is 16.0 Å². The zero-order chi connectivity index (χ0) is 17.3. The van der Waals surface area contributed by atoms with Gasteiger partial charge in [-0.1, -0.05) is 55.0 Å². The Bertz CT molecular complexity index is 767. The van der Waals surface area contributed by atoms with Crippen molar-refractivity contribution in [1.29, 1.82) is 0 Å². The molecule has 1 heterocycles. The van der Waals surface area contributed by atoms with E-state index in [1.54, 1.807) is 11.0 Å². The first kappa shape index (κ1) is 16.2. The molecule has 0 fully saturated rings. The Balaban J connectivity index is 1.80. The molecule has 1 aliphatic heterocycles. The van der Waals surface area contributed by atoms with Gasteiger partial charge < -0.3 is 10.0 Å². The Kier molecular flexibility index (Phi) is 4.38. The number of carbonyl (C=O) groups is 2. The van der Waals surface area contributed by atoms with Crippen molar-refractivity contribution in [2.75, 3.05) is 11.4 Å². The highest BCUT2D eigenvalue weighted by molar-refractivity contribution is 6.00. The molecule has 0 radical (unpaired) electrons. The van der Waals surface area contributed by atoms with Crippen molar-refractivity contribution >= 4 is 17.6 Å². The summed E-state index contributed by atoms with van der Waals surface area (Å²) >= 11 is 0. The van der Waals surface area contributed by atoms with Crippen molar-refractivity contribution in [2.24, 2.45) is 5.92 Å². The van der Waals surface area contributed by atoms with E-state index in [1.807, 2.05) is 56.3 Å². The SMILES string of the molecule is Cc1ccc(CC(C)C(=O)N2CC(C(=O)O)c3ccccc32)cc1. The van der Waals surface area contributed by atoms with Gasteiger partial charge >= 0.3 is 5.97 Å². The minimum atomic E-state index is -0.885. The molecule has 1 amide bonds. The van der Waals surface area contributed by atoms with E-state index in [-0.39, 0.29) is 18.4 Å². The lowest BCUT2D eigenvalue weighted by Crippen LogP contribution is -2.36.